The van der Waals surface area contributed by atoms with Crippen molar-refractivity contribution >= 4 is 40.1 Å². The van der Waals surface area contributed by atoms with Crippen LogP contribution in [0.25, 0.3) is 6.08 Å². The zero-order chi connectivity index (χ0) is 15.4. The van der Waals surface area contributed by atoms with Gasteiger partial charge < -0.3 is 16.2 Å². The van der Waals surface area contributed by atoms with E-state index in [4.69, 9.17) is 10.8 Å². The maximum absolute atomic E-state index is 12.1. The summed E-state index contributed by atoms with van der Waals surface area (Å²) >= 11 is 1.12. The van der Waals surface area contributed by atoms with Crippen LogP contribution in [0.5, 0.6) is 0 Å². The molecule has 0 aliphatic heterocycles. The van der Waals surface area contributed by atoms with Crippen LogP contribution >= 0.6 is 11.3 Å². The van der Waals surface area contributed by atoms with Crippen molar-refractivity contribution < 1.29 is 14.7 Å². The van der Waals surface area contributed by atoms with Gasteiger partial charge in [-0.15, -0.1) is 0 Å². The molecule has 0 radical (unpaired) electrons. The largest absolute Gasteiger partial charge is 0.478 e. The van der Waals surface area contributed by atoms with E-state index in [-0.39, 0.29) is 5.91 Å². The van der Waals surface area contributed by atoms with Gasteiger partial charge in [0.1, 0.15) is 4.88 Å². The first-order valence-corrected chi connectivity index (χ1v) is 6.82. The Morgan fingerprint density at radius 2 is 2.19 bits per heavy atom. The van der Waals surface area contributed by atoms with Gasteiger partial charge in [-0.05, 0) is 30.7 Å². The summed E-state index contributed by atoms with van der Waals surface area (Å²) in [4.78, 5) is 27.1. The third kappa shape index (κ3) is 3.90. The van der Waals surface area contributed by atoms with Gasteiger partial charge in [-0.25, -0.2) is 9.78 Å². The maximum Gasteiger partial charge on any atom is 0.328 e. The van der Waals surface area contributed by atoms with E-state index in [2.05, 4.69) is 10.3 Å². The van der Waals surface area contributed by atoms with Crippen molar-refractivity contribution in [1.29, 1.82) is 0 Å². The van der Waals surface area contributed by atoms with Crippen LogP contribution in [0.4, 0.5) is 10.8 Å². The van der Waals surface area contributed by atoms with E-state index in [0.29, 0.717) is 27.0 Å². The highest BCUT2D eigenvalue weighted by Gasteiger charge is 2.14. The highest BCUT2D eigenvalue weighted by atomic mass is 32.1. The zero-order valence-electron chi connectivity index (χ0n) is 11.2. The van der Waals surface area contributed by atoms with Gasteiger partial charge in [0.25, 0.3) is 5.91 Å². The predicted octanol–water partition coefficient (Wildman–Crippen LogP) is 2.38. The number of benzene rings is 1. The molecular weight excluding hydrogens is 290 g/mol. The number of nitrogens with one attached hydrogen (secondary N) is 1. The second-order valence-corrected chi connectivity index (χ2v) is 5.25. The fourth-order valence-corrected chi connectivity index (χ4v) is 2.43. The van der Waals surface area contributed by atoms with Crippen LogP contribution in [0.3, 0.4) is 0 Å². The number of thiazole rings is 1. The molecule has 0 aliphatic rings. The third-order valence-corrected chi connectivity index (χ3v) is 3.57. The Kier molecular flexibility index (Phi) is 4.34. The monoisotopic (exact) mass is 303 g/mol. The summed E-state index contributed by atoms with van der Waals surface area (Å²) in [6, 6.07) is 6.86. The van der Waals surface area contributed by atoms with Crippen LogP contribution in [0, 0.1) is 6.92 Å². The smallest absolute Gasteiger partial charge is 0.328 e. The first kappa shape index (κ1) is 14.7. The molecule has 2 aromatic rings. The van der Waals surface area contributed by atoms with Crippen molar-refractivity contribution in [3.8, 4) is 0 Å². The SMILES string of the molecule is Cc1nc(N)sc1C(=O)Nc1cccc(/C=C/C(=O)O)c1. The number of nitrogens with two attached hydrogens (primary N) is 1. The Morgan fingerprint density at radius 3 is 2.81 bits per heavy atom. The van der Waals surface area contributed by atoms with E-state index in [1.54, 1.807) is 31.2 Å². The standard InChI is InChI=1S/C14H13N3O3S/c1-8-12(21-14(15)16-8)13(20)17-10-4-2-3-9(7-10)5-6-11(18)19/h2-7H,1H3,(H2,15,16)(H,17,20)(H,18,19)/b6-5+. The van der Waals surface area contributed by atoms with Crippen LogP contribution < -0.4 is 11.1 Å². The zero-order valence-corrected chi connectivity index (χ0v) is 12.0. The summed E-state index contributed by atoms with van der Waals surface area (Å²) in [5, 5.41) is 11.7. The molecule has 0 aliphatic carbocycles. The Morgan fingerprint density at radius 1 is 1.43 bits per heavy atom. The lowest BCUT2D eigenvalue weighted by atomic mass is 10.2. The number of hydrogen-bond donors (Lipinski definition) is 3. The number of aromatic nitrogens is 1. The van der Waals surface area contributed by atoms with E-state index in [1.807, 2.05) is 0 Å². The number of carbonyl (C=O) groups excluding carboxylic acids is 1. The number of rotatable bonds is 4. The number of aliphatic carboxylic acids is 1. The fourth-order valence-electron chi connectivity index (χ4n) is 1.70. The minimum atomic E-state index is -1.03. The molecule has 6 nitrogen and oxygen atoms in total. The molecule has 0 saturated carbocycles. The lowest BCUT2D eigenvalue weighted by Gasteiger charge is -2.05. The van der Waals surface area contributed by atoms with Crippen molar-refractivity contribution in [3.05, 3.63) is 46.5 Å². The summed E-state index contributed by atoms with van der Waals surface area (Å²) in [5.74, 6) is -1.32. The molecular formula is C14H13N3O3S. The fraction of sp³-hybridized carbons (Fsp3) is 0.0714. The number of anilines is 2. The Hall–Kier alpha value is -2.67. The van der Waals surface area contributed by atoms with Crippen LogP contribution in [0.1, 0.15) is 20.9 Å². The highest BCUT2D eigenvalue weighted by molar-refractivity contribution is 7.17. The van der Waals surface area contributed by atoms with Crippen molar-refractivity contribution in [1.82, 2.24) is 4.98 Å². The molecule has 0 fully saturated rings. The molecule has 108 valence electrons. The number of carbonyl (C=O) groups is 2. The molecule has 1 aromatic heterocycles. The molecule has 0 atom stereocenters. The quantitative estimate of drug-likeness (QED) is 0.752. The van der Waals surface area contributed by atoms with Gasteiger partial charge >= 0.3 is 5.97 Å². The summed E-state index contributed by atoms with van der Waals surface area (Å²) in [5.41, 5.74) is 7.39. The minimum Gasteiger partial charge on any atom is -0.478 e. The third-order valence-electron chi connectivity index (χ3n) is 2.58. The molecule has 21 heavy (non-hydrogen) atoms. The Balaban J connectivity index is 2.16. The summed E-state index contributed by atoms with van der Waals surface area (Å²) < 4.78 is 0. The van der Waals surface area contributed by atoms with Crippen LogP contribution in [-0.2, 0) is 4.79 Å². The first-order chi connectivity index (χ1) is 9.95. The number of hydrogen-bond acceptors (Lipinski definition) is 5. The average molecular weight is 303 g/mol. The van der Waals surface area contributed by atoms with Crippen LogP contribution in [-0.4, -0.2) is 22.0 Å². The Labute approximate surface area is 124 Å². The van der Waals surface area contributed by atoms with Crippen LogP contribution in [0.2, 0.25) is 0 Å². The van der Waals surface area contributed by atoms with E-state index >= 15 is 0 Å². The molecule has 0 bridgehead atoms. The normalized spacial score (nSPS) is 10.7. The van der Waals surface area contributed by atoms with Crippen molar-refractivity contribution in [2.75, 3.05) is 11.1 Å². The molecule has 1 aromatic carbocycles. The molecule has 4 N–H and O–H groups in total. The molecule has 2 rings (SSSR count). The predicted molar refractivity (Wildman–Crippen MR) is 82.3 cm³/mol. The van der Waals surface area contributed by atoms with Crippen LogP contribution in [0.15, 0.2) is 30.3 Å². The van der Waals surface area contributed by atoms with Gasteiger partial charge in [0.05, 0.1) is 5.69 Å². The summed E-state index contributed by atoms with van der Waals surface area (Å²) in [6.07, 6.45) is 2.49. The lowest BCUT2D eigenvalue weighted by Crippen LogP contribution is -2.11. The molecule has 1 heterocycles. The summed E-state index contributed by atoms with van der Waals surface area (Å²) in [7, 11) is 0. The molecule has 0 saturated heterocycles. The van der Waals surface area contributed by atoms with Gasteiger partial charge in [0.2, 0.25) is 0 Å². The van der Waals surface area contributed by atoms with Crippen molar-refractivity contribution in [3.63, 3.8) is 0 Å². The second-order valence-electron chi connectivity index (χ2n) is 4.22. The number of carboxylic acid groups (broad SMARTS) is 1. The number of amides is 1. The summed E-state index contributed by atoms with van der Waals surface area (Å²) in [6.45, 7) is 1.72. The van der Waals surface area contributed by atoms with Gasteiger partial charge in [-0.1, -0.05) is 23.5 Å². The first-order valence-electron chi connectivity index (χ1n) is 6.01. The number of carboxylic acids is 1. The average Bonchev–Trinajstić information content (AvgIpc) is 2.76. The lowest BCUT2D eigenvalue weighted by molar-refractivity contribution is -0.131. The van der Waals surface area contributed by atoms with E-state index < -0.39 is 5.97 Å². The highest BCUT2D eigenvalue weighted by Crippen LogP contribution is 2.21. The van der Waals surface area contributed by atoms with Gasteiger partial charge in [0, 0.05) is 11.8 Å². The molecule has 7 heteroatoms. The molecule has 0 unspecified atom stereocenters. The van der Waals surface area contributed by atoms with Crippen molar-refractivity contribution in [2.45, 2.75) is 6.92 Å². The van der Waals surface area contributed by atoms with E-state index in [9.17, 15) is 9.59 Å². The second kappa shape index (κ2) is 6.19. The van der Waals surface area contributed by atoms with Gasteiger partial charge in [-0.2, -0.15) is 0 Å². The Bertz CT molecular complexity index is 722. The minimum absolute atomic E-state index is 0.291. The number of nitrogens with zero attached hydrogens (tertiary/aromatic N) is 1. The number of aryl methyl sites for hydroxylation is 1. The maximum atomic E-state index is 12.1. The molecule has 1 amide bonds. The number of nitrogen functional groups attached to an aromatic ring is 1. The van der Waals surface area contributed by atoms with Gasteiger partial charge in [0.15, 0.2) is 5.13 Å². The van der Waals surface area contributed by atoms with Gasteiger partial charge in [-0.3, -0.25) is 4.79 Å². The topological polar surface area (TPSA) is 105 Å². The van der Waals surface area contributed by atoms with Crippen molar-refractivity contribution in [2.24, 2.45) is 0 Å². The van der Waals surface area contributed by atoms with E-state index in [1.165, 1.54) is 6.08 Å². The van der Waals surface area contributed by atoms with E-state index in [0.717, 1.165) is 17.4 Å². The molecule has 0 spiro atoms.